The third-order valence-electron chi connectivity index (χ3n) is 3.61. The molecular formula is C12H12ClNO4. The van der Waals surface area contributed by atoms with Gasteiger partial charge >= 0.3 is 5.97 Å². The third-order valence-corrected chi connectivity index (χ3v) is 3.89. The fourth-order valence-electron chi connectivity index (χ4n) is 2.61. The summed E-state index contributed by atoms with van der Waals surface area (Å²) in [5, 5.41) is 9.80. The van der Waals surface area contributed by atoms with E-state index in [2.05, 4.69) is 0 Å². The highest BCUT2D eigenvalue weighted by atomic mass is 35.5. The molecule has 1 saturated carbocycles. The highest BCUT2D eigenvalue weighted by molar-refractivity contribution is 6.32. The van der Waals surface area contributed by atoms with Gasteiger partial charge in [0.2, 0.25) is 6.79 Å². The molecule has 0 atom stereocenters. The molecule has 2 aliphatic rings. The summed E-state index contributed by atoms with van der Waals surface area (Å²) in [6, 6.07) is 3.24. The van der Waals surface area contributed by atoms with Crippen LogP contribution in [0.3, 0.4) is 0 Å². The van der Waals surface area contributed by atoms with Crippen LogP contribution in [0.25, 0.3) is 0 Å². The maximum absolute atomic E-state index is 11.5. The van der Waals surface area contributed by atoms with E-state index >= 15 is 0 Å². The lowest BCUT2D eigenvalue weighted by molar-refractivity contribution is -0.148. The Kier molecular flexibility index (Phi) is 2.43. The van der Waals surface area contributed by atoms with Crippen LogP contribution in [0.2, 0.25) is 5.02 Å². The molecule has 3 N–H and O–H groups in total. The molecule has 1 aliphatic heterocycles. The van der Waals surface area contributed by atoms with Crippen molar-refractivity contribution >= 4 is 17.6 Å². The van der Waals surface area contributed by atoms with Crippen LogP contribution in [0.1, 0.15) is 18.4 Å². The van der Waals surface area contributed by atoms with Crippen molar-refractivity contribution in [3.63, 3.8) is 0 Å². The zero-order valence-corrected chi connectivity index (χ0v) is 10.2. The second-order valence-electron chi connectivity index (χ2n) is 4.75. The average molecular weight is 270 g/mol. The Labute approximate surface area is 108 Å². The zero-order valence-electron chi connectivity index (χ0n) is 9.48. The summed E-state index contributed by atoms with van der Waals surface area (Å²) in [5.41, 5.74) is 5.42. The number of fused-ring (bicyclic) bond motifs is 1. The van der Waals surface area contributed by atoms with E-state index < -0.39 is 11.4 Å². The number of nitrogens with two attached hydrogens (primary N) is 1. The summed E-state index contributed by atoms with van der Waals surface area (Å²) in [5.74, 6) is 0.0994. The first-order valence-electron chi connectivity index (χ1n) is 5.61. The van der Waals surface area contributed by atoms with Gasteiger partial charge in [0.15, 0.2) is 11.5 Å². The minimum absolute atomic E-state index is 0.0784. The molecular weight excluding hydrogens is 258 g/mol. The van der Waals surface area contributed by atoms with E-state index in [1.165, 1.54) is 0 Å². The van der Waals surface area contributed by atoms with Crippen LogP contribution in [-0.4, -0.2) is 23.9 Å². The summed E-state index contributed by atoms with van der Waals surface area (Å²) in [4.78, 5) is 11.5. The normalized spacial score (nSPS) is 28.9. The van der Waals surface area contributed by atoms with E-state index in [-0.39, 0.29) is 12.8 Å². The van der Waals surface area contributed by atoms with Crippen molar-refractivity contribution < 1.29 is 19.4 Å². The first kappa shape index (κ1) is 11.6. The molecule has 1 fully saturated rings. The molecule has 0 spiro atoms. The summed E-state index contributed by atoms with van der Waals surface area (Å²) < 4.78 is 10.5. The lowest BCUT2D eigenvalue weighted by Gasteiger charge is -2.43. The van der Waals surface area contributed by atoms with Crippen LogP contribution >= 0.6 is 11.6 Å². The van der Waals surface area contributed by atoms with E-state index in [9.17, 15) is 9.90 Å². The average Bonchev–Trinajstić information content (AvgIpc) is 2.72. The quantitative estimate of drug-likeness (QED) is 0.850. The van der Waals surface area contributed by atoms with E-state index in [4.69, 9.17) is 26.8 Å². The zero-order chi connectivity index (χ0) is 12.9. The Morgan fingerprint density at radius 1 is 1.44 bits per heavy atom. The van der Waals surface area contributed by atoms with Crippen LogP contribution in [0.4, 0.5) is 0 Å². The predicted molar refractivity (Wildman–Crippen MR) is 64.1 cm³/mol. The number of hydrogen-bond donors (Lipinski definition) is 2. The molecule has 3 rings (SSSR count). The molecule has 1 aromatic carbocycles. The van der Waals surface area contributed by atoms with E-state index in [1.807, 2.05) is 0 Å². The van der Waals surface area contributed by atoms with Crippen molar-refractivity contribution in [3.05, 3.63) is 22.7 Å². The number of halogens is 1. The standard InChI is InChI=1S/C12H12ClNO4/c13-8-1-6(2-9-10(8)18-5-17-9)12(11(15)16)3-7(14)4-12/h1-2,7H,3-5,14H2,(H,15,16). The molecule has 6 heteroatoms. The molecule has 0 radical (unpaired) electrons. The van der Waals surface area contributed by atoms with Crippen LogP contribution in [0, 0.1) is 0 Å². The molecule has 0 aromatic heterocycles. The predicted octanol–water partition coefficient (Wildman–Crippen LogP) is 1.51. The molecule has 0 bridgehead atoms. The summed E-state index contributed by atoms with van der Waals surface area (Å²) in [6.45, 7) is 0.109. The number of hydrogen-bond acceptors (Lipinski definition) is 4. The highest BCUT2D eigenvalue weighted by Gasteiger charge is 2.51. The Hall–Kier alpha value is -1.46. The number of benzene rings is 1. The first-order valence-corrected chi connectivity index (χ1v) is 5.99. The molecule has 1 aromatic rings. The third kappa shape index (κ3) is 1.47. The van der Waals surface area contributed by atoms with E-state index in [0.717, 1.165) is 0 Å². The lowest BCUT2D eigenvalue weighted by Crippen LogP contribution is -2.54. The van der Waals surface area contributed by atoms with Gasteiger partial charge in [0.25, 0.3) is 0 Å². The van der Waals surface area contributed by atoms with Crippen molar-refractivity contribution in [3.8, 4) is 11.5 Å². The Morgan fingerprint density at radius 3 is 2.78 bits per heavy atom. The molecule has 5 nitrogen and oxygen atoms in total. The number of aliphatic carboxylic acids is 1. The number of carbonyl (C=O) groups is 1. The fraction of sp³-hybridized carbons (Fsp3) is 0.417. The maximum atomic E-state index is 11.5. The van der Waals surface area contributed by atoms with Gasteiger partial charge in [0.1, 0.15) is 0 Å². The first-order chi connectivity index (χ1) is 8.53. The molecule has 18 heavy (non-hydrogen) atoms. The van der Waals surface area contributed by atoms with Crippen LogP contribution in [0.5, 0.6) is 11.5 Å². The lowest BCUT2D eigenvalue weighted by atomic mass is 9.62. The fourth-order valence-corrected chi connectivity index (χ4v) is 2.88. The second kappa shape index (κ2) is 3.76. The SMILES string of the molecule is NC1CC(C(=O)O)(c2cc(Cl)c3c(c2)OCO3)C1. The van der Waals surface area contributed by atoms with Crippen molar-refractivity contribution in [1.29, 1.82) is 0 Å². The Bertz CT molecular complexity index is 525. The number of carboxylic acids is 1. The van der Waals surface area contributed by atoms with Gasteiger partial charge < -0.3 is 20.3 Å². The summed E-state index contributed by atoms with van der Waals surface area (Å²) in [6.07, 6.45) is 0.830. The van der Waals surface area contributed by atoms with Crippen molar-refractivity contribution in [2.24, 2.45) is 5.73 Å². The molecule has 1 heterocycles. The highest BCUT2D eigenvalue weighted by Crippen LogP contribution is 2.48. The number of rotatable bonds is 2. The van der Waals surface area contributed by atoms with Crippen LogP contribution in [-0.2, 0) is 10.2 Å². The van der Waals surface area contributed by atoms with Crippen molar-refractivity contribution in [1.82, 2.24) is 0 Å². The van der Waals surface area contributed by atoms with Gasteiger partial charge in [-0.05, 0) is 30.5 Å². The number of ether oxygens (including phenoxy) is 2. The minimum Gasteiger partial charge on any atom is -0.481 e. The summed E-state index contributed by atoms with van der Waals surface area (Å²) >= 11 is 6.07. The van der Waals surface area contributed by atoms with Crippen molar-refractivity contribution in [2.45, 2.75) is 24.3 Å². The van der Waals surface area contributed by atoms with Gasteiger partial charge in [-0.15, -0.1) is 0 Å². The molecule has 0 amide bonds. The van der Waals surface area contributed by atoms with E-state index in [1.54, 1.807) is 12.1 Å². The van der Waals surface area contributed by atoms with Crippen molar-refractivity contribution in [2.75, 3.05) is 6.79 Å². The largest absolute Gasteiger partial charge is 0.481 e. The van der Waals surface area contributed by atoms with Gasteiger partial charge in [-0.3, -0.25) is 4.79 Å². The second-order valence-corrected chi connectivity index (χ2v) is 5.15. The molecule has 0 saturated heterocycles. The van der Waals surface area contributed by atoms with Gasteiger partial charge in [-0.2, -0.15) is 0 Å². The van der Waals surface area contributed by atoms with Gasteiger partial charge in [0.05, 0.1) is 10.4 Å². The van der Waals surface area contributed by atoms with E-state index in [0.29, 0.717) is 34.9 Å². The Balaban J connectivity index is 2.07. The van der Waals surface area contributed by atoms with Gasteiger partial charge in [-0.25, -0.2) is 0 Å². The minimum atomic E-state index is -0.940. The Morgan fingerprint density at radius 2 is 2.17 bits per heavy atom. The van der Waals surface area contributed by atoms with Gasteiger partial charge in [0, 0.05) is 6.04 Å². The monoisotopic (exact) mass is 269 g/mol. The molecule has 96 valence electrons. The molecule has 0 unspecified atom stereocenters. The summed E-state index contributed by atoms with van der Waals surface area (Å²) in [7, 11) is 0. The number of carboxylic acid groups (broad SMARTS) is 1. The topological polar surface area (TPSA) is 81.8 Å². The molecule has 1 aliphatic carbocycles. The maximum Gasteiger partial charge on any atom is 0.314 e. The van der Waals surface area contributed by atoms with Crippen LogP contribution in [0.15, 0.2) is 12.1 Å². The van der Waals surface area contributed by atoms with Gasteiger partial charge in [-0.1, -0.05) is 11.6 Å². The van der Waals surface area contributed by atoms with Crippen LogP contribution < -0.4 is 15.2 Å². The smallest absolute Gasteiger partial charge is 0.314 e.